The SMILES string of the molecule is CC(=O)N[C@@H](Cc1cccc2ccccc12)C(=O)N1CCC[C@H]1C(=O)N[C@@H](Cc1ccccc1)C(=O)N[C@H](C(=O)N[C@@H](CC(C)C)[C@@H](O)CC(=O)N[C@@H](CC(C)C)C(=O)N[C@@H](Cc1ccccc1)C(N)=O)C(C)C. The van der Waals surface area contributed by atoms with E-state index in [9.17, 15) is 43.5 Å². The molecule has 0 spiro atoms. The number of nitrogens with one attached hydrogen (secondary N) is 6. The van der Waals surface area contributed by atoms with Gasteiger partial charge in [0.1, 0.15) is 36.3 Å². The van der Waals surface area contributed by atoms with Crippen molar-refractivity contribution in [2.45, 2.75) is 148 Å². The third kappa shape index (κ3) is 17.2. The molecule has 0 unspecified atom stereocenters. The fraction of sp³-hybridized carbons (Fsp3) is 0.474. The van der Waals surface area contributed by atoms with Gasteiger partial charge in [-0.15, -0.1) is 0 Å². The maximum Gasteiger partial charge on any atom is 0.246 e. The van der Waals surface area contributed by atoms with Crippen LogP contribution >= 0.6 is 0 Å². The largest absolute Gasteiger partial charge is 0.390 e. The summed E-state index contributed by atoms with van der Waals surface area (Å²) in [5, 5.41) is 30.3. The molecule has 1 saturated heterocycles. The average Bonchev–Trinajstić information content (AvgIpc) is 3.85. The maximum atomic E-state index is 14.5. The Morgan fingerprint density at radius 2 is 1.19 bits per heavy atom. The number of nitrogens with two attached hydrogens (primary N) is 1. The van der Waals surface area contributed by atoms with Crippen molar-refractivity contribution in [3.8, 4) is 0 Å². The van der Waals surface area contributed by atoms with Crippen LogP contribution in [0.5, 0.6) is 0 Å². The third-order valence-electron chi connectivity index (χ3n) is 13.2. The van der Waals surface area contributed by atoms with Crippen molar-refractivity contribution in [1.29, 1.82) is 0 Å². The number of primary amides is 1. The van der Waals surface area contributed by atoms with Gasteiger partial charge in [-0.3, -0.25) is 38.4 Å². The molecule has 0 saturated carbocycles. The molecule has 8 atom stereocenters. The Kier molecular flexibility index (Phi) is 21.7. The monoisotopic (exact) mass is 1020 g/mol. The van der Waals surface area contributed by atoms with E-state index in [4.69, 9.17) is 5.73 Å². The Labute approximate surface area is 434 Å². The Hall–Kier alpha value is -7.14. The number of amides is 8. The number of carbonyl (C=O) groups excluding carboxylic acids is 8. The summed E-state index contributed by atoms with van der Waals surface area (Å²) in [5.74, 6) is -5.25. The van der Waals surface area contributed by atoms with E-state index in [2.05, 4.69) is 31.9 Å². The van der Waals surface area contributed by atoms with Gasteiger partial charge in [-0.25, -0.2) is 0 Å². The van der Waals surface area contributed by atoms with Gasteiger partial charge in [0.2, 0.25) is 47.3 Å². The van der Waals surface area contributed by atoms with Crippen LogP contribution in [0.4, 0.5) is 0 Å². The standard InChI is InChI=1S/C57H76N8O9/c1-34(2)28-43(49(67)33-50(68)60-45(29-35(3)4)53(70)62-44(52(58)69)30-38-18-10-8-11-19-38)61-56(73)51(36(5)6)64-54(71)46(31-39-20-12-9-13-21-39)63-55(72)48-26-17-27-65(48)57(74)47(59-37(7)66)32-41-24-16-23-40-22-14-15-25-42(40)41/h8-16,18-25,34-36,43-49,51,67H,17,26-33H2,1-7H3,(H2,58,69)(H,59,66)(H,60,68)(H,61,73)(H,62,70)(H,63,72)(H,64,71)/t43-,44-,45-,46-,47-,48-,49-,51-/m0/s1. The summed E-state index contributed by atoms with van der Waals surface area (Å²) in [5.41, 5.74) is 8.03. The van der Waals surface area contributed by atoms with Gasteiger partial charge in [-0.1, -0.05) is 145 Å². The Morgan fingerprint density at radius 1 is 0.608 bits per heavy atom. The molecule has 1 heterocycles. The van der Waals surface area contributed by atoms with E-state index < -0.39 is 108 Å². The van der Waals surface area contributed by atoms with Crippen molar-refractivity contribution < 1.29 is 43.5 Å². The van der Waals surface area contributed by atoms with Crippen molar-refractivity contribution in [1.82, 2.24) is 36.8 Å². The highest BCUT2D eigenvalue weighted by Gasteiger charge is 2.40. The molecule has 0 radical (unpaired) electrons. The fourth-order valence-electron chi connectivity index (χ4n) is 9.48. The van der Waals surface area contributed by atoms with Crippen LogP contribution in [0, 0.1) is 17.8 Å². The lowest BCUT2D eigenvalue weighted by atomic mass is 9.95. The summed E-state index contributed by atoms with van der Waals surface area (Å²) in [6.07, 6.45) is -0.188. The lowest BCUT2D eigenvalue weighted by Crippen LogP contribution is -2.60. The highest BCUT2D eigenvalue weighted by molar-refractivity contribution is 5.97. The first-order valence-electron chi connectivity index (χ1n) is 25.8. The number of hydrogen-bond donors (Lipinski definition) is 8. The predicted molar refractivity (Wildman–Crippen MR) is 284 cm³/mol. The zero-order valence-electron chi connectivity index (χ0n) is 43.8. The molecule has 398 valence electrons. The molecule has 1 fully saturated rings. The second-order valence-corrected chi connectivity index (χ2v) is 20.7. The maximum absolute atomic E-state index is 14.5. The number of rotatable bonds is 26. The van der Waals surface area contributed by atoms with Crippen molar-refractivity contribution in [2.24, 2.45) is 23.5 Å². The topological polar surface area (TPSA) is 258 Å². The molecule has 1 aliphatic rings. The number of aliphatic hydroxyl groups is 1. The zero-order valence-corrected chi connectivity index (χ0v) is 43.8. The van der Waals surface area contributed by atoms with E-state index in [-0.39, 0.29) is 50.5 Å². The molecular weight excluding hydrogens is 941 g/mol. The molecule has 17 heteroatoms. The lowest BCUT2D eigenvalue weighted by Gasteiger charge is -2.31. The van der Waals surface area contributed by atoms with Crippen LogP contribution in [0.25, 0.3) is 10.8 Å². The summed E-state index contributed by atoms with van der Waals surface area (Å²) in [6.45, 7) is 12.6. The van der Waals surface area contributed by atoms with Crippen LogP contribution in [0.2, 0.25) is 0 Å². The van der Waals surface area contributed by atoms with Crippen molar-refractivity contribution in [3.05, 3.63) is 120 Å². The minimum atomic E-state index is -1.41. The molecule has 8 amide bonds. The first kappa shape index (κ1) is 57.8. The van der Waals surface area contributed by atoms with Crippen LogP contribution in [0.15, 0.2) is 103 Å². The Morgan fingerprint density at radius 3 is 1.78 bits per heavy atom. The Balaban J connectivity index is 1.28. The number of benzene rings is 4. The van der Waals surface area contributed by atoms with E-state index in [1.54, 1.807) is 38.1 Å². The first-order chi connectivity index (χ1) is 35.2. The first-order valence-corrected chi connectivity index (χ1v) is 25.8. The molecule has 0 aliphatic carbocycles. The number of likely N-dealkylation sites (tertiary alicyclic amines) is 1. The molecular formula is C57H76N8O9. The molecule has 17 nitrogen and oxygen atoms in total. The van der Waals surface area contributed by atoms with Crippen LogP contribution in [0.1, 0.15) is 97.3 Å². The number of nitrogens with zero attached hydrogens (tertiary/aromatic N) is 1. The average molecular weight is 1020 g/mol. The van der Waals surface area contributed by atoms with Gasteiger partial charge in [-0.05, 0) is 70.9 Å². The van der Waals surface area contributed by atoms with Gasteiger partial charge in [-0.2, -0.15) is 0 Å². The smallest absolute Gasteiger partial charge is 0.246 e. The summed E-state index contributed by atoms with van der Waals surface area (Å²) >= 11 is 0. The van der Waals surface area contributed by atoms with Crippen molar-refractivity contribution in [2.75, 3.05) is 6.54 Å². The molecule has 4 aromatic rings. The highest BCUT2D eigenvalue weighted by atomic mass is 16.3. The molecule has 0 aromatic heterocycles. The van der Waals surface area contributed by atoms with Gasteiger partial charge < -0.3 is 47.6 Å². The zero-order chi connectivity index (χ0) is 54.1. The van der Waals surface area contributed by atoms with Crippen LogP contribution in [-0.2, 0) is 57.6 Å². The fourth-order valence-corrected chi connectivity index (χ4v) is 9.48. The molecule has 9 N–H and O–H groups in total. The minimum absolute atomic E-state index is 0.0451. The predicted octanol–water partition coefficient (Wildman–Crippen LogP) is 3.77. The number of aliphatic hydroxyl groups excluding tert-OH is 1. The van der Waals surface area contributed by atoms with E-state index in [0.29, 0.717) is 12.8 Å². The lowest BCUT2D eigenvalue weighted by molar-refractivity contribution is -0.142. The van der Waals surface area contributed by atoms with Gasteiger partial charge in [0, 0.05) is 32.7 Å². The molecule has 74 heavy (non-hydrogen) atoms. The van der Waals surface area contributed by atoms with Gasteiger partial charge in [0.25, 0.3) is 0 Å². The van der Waals surface area contributed by atoms with Crippen LogP contribution in [-0.4, -0.2) is 112 Å². The number of fused-ring (bicyclic) bond motifs is 1. The van der Waals surface area contributed by atoms with Gasteiger partial charge >= 0.3 is 0 Å². The van der Waals surface area contributed by atoms with Crippen LogP contribution in [0.3, 0.4) is 0 Å². The van der Waals surface area contributed by atoms with E-state index in [0.717, 1.165) is 27.5 Å². The highest BCUT2D eigenvalue weighted by Crippen LogP contribution is 2.24. The van der Waals surface area contributed by atoms with Gasteiger partial charge in [0.15, 0.2) is 0 Å². The summed E-state index contributed by atoms with van der Waals surface area (Å²) in [7, 11) is 0. The van der Waals surface area contributed by atoms with E-state index in [1.165, 1.54) is 11.8 Å². The van der Waals surface area contributed by atoms with Crippen molar-refractivity contribution >= 4 is 58.0 Å². The number of hydrogen-bond acceptors (Lipinski definition) is 9. The molecule has 5 rings (SSSR count). The van der Waals surface area contributed by atoms with E-state index in [1.807, 2.05) is 107 Å². The second kappa shape index (κ2) is 27.8. The third-order valence-corrected chi connectivity index (χ3v) is 13.2. The summed E-state index contributed by atoms with van der Waals surface area (Å²) < 4.78 is 0. The number of carbonyl (C=O) groups is 8. The normalized spacial score (nSPS) is 16.3. The molecule has 4 aromatic carbocycles. The quantitative estimate of drug-likeness (QED) is 0.0455. The second-order valence-electron chi connectivity index (χ2n) is 20.7. The summed E-state index contributed by atoms with van der Waals surface area (Å²) in [6, 6.07) is 24.3. The summed E-state index contributed by atoms with van der Waals surface area (Å²) in [4.78, 5) is 111. The van der Waals surface area contributed by atoms with Crippen molar-refractivity contribution in [3.63, 3.8) is 0 Å². The Bertz CT molecular complexity index is 2550. The van der Waals surface area contributed by atoms with E-state index >= 15 is 0 Å². The van der Waals surface area contributed by atoms with Crippen LogP contribution < -0.4 is 37.6 Å². The van der Waals surface area contributed by atoms with Gasteiger partial charge in [0.05, 0.1) is 18.6 Å². The molecule has 0 bridgehead atoms. The molecule has 1 aliphatic heterocycles. The minimum Gasteiger partial charge on any atom is -0.390 e.